The third kappa shape index (κ3) is 4.85. The van der Waals surface area contributed by atoms with Crippen molar-refractivity contribution in [2.24, 2.45) is 0 Å². The van der Waals surface area contributed by atoms with Crippen molar-refractivity contribution in [3.8, 4) is 0 Å². The fourth-order valence-corrected chi connectivity index (χ4v) is 5.31. The summed E-state index contributed by atoms with van der Waals surface area (Å²) in [5.74, 6) is -1.25. The number of hydrogen-bond donors (Lipinski definition) is 1. The molecule has 0 atom stereocenters. The van der Waals surface area contributed by atoms with Crippen LogP contribution in [0.4, 0.5) is 0 Å². The number of nitrogens with one attached hydrogen (secondary N) is 1. The third-order valence-corrected chi connectivity index (χ3v) is 6.99. The van der Waals surface area contributed by atoms with Crippen molar-refractivity contribution in [2.45, 2.75) is 30.7 Å². The van der Waals surface area contributed by atoms with Crippen molar-refractivity contribution in [2.75, 3.05) is 32.8 Å². The Morgan fingerprint density at radius 2 is 1.81 bits per heavy atom. The molecule has 0 aromatic carbocycles. The van der Waals surface area contributed by atoms with E-state index in [1.807, 2.05) is 0 Å². The van der Waals surface area contributed by atoms with Gasteiger partial charge in [0.2, 0.25) is 15.9 Å². The molecule has 1 aliphatic heterocycles. The van der Waals surface area contributed by atoms with E-state index in [1.54, 1.807) is 4.90 Å². The number of piperazine rings is 1. The molecular formula is C16H21N3O6S2. The van der Waals surface area contributed by atoms with Crippen molar-refractivity contribution in [1.29, 1.82) is 0 Å². The van der Waals surface area contributed by atoms with Crippen molar-refractivity contribution in [3.63, 3.8) is 0 Å². The summed E-state index contributed by atoms with van der Waals surface area (Å²) in [7, 11) is -3.78. The van der Waals surface area contributed by atoms with Gasteiger partial charge >= 0.3 is 5.97 Å². The Bertz CT molecular complexity index is 838. The van der Waals surface area contributed by atoms with Gasteiger partial charge in [0.25, 0.3) is 5.91 Å². The van der Waals surface area contributed by atoms with E-state index in [9.17, 15) is 22.8 Å². The Morgan fingerprint density at radius 1 is 1.19 bits per heavy atom. The van der Waals surface area contributed by atoms with Crippen molar-refractivity contribution in [1.82, 2.24) is 14.5 Å². The number of carbonyl (C=O) groups excluding carboxylic acids is 3. The number of thiophene rings is 1. The van der Waals surface area contributed by atoms with Crippen LogP contribution in [0.15, 0.2) is 16.3 Å². The Labute approximate surface area is 161 Å². The molecule has 0 spiro atoms. The van der Waals surface area contributed by atoms with Crippen LogP contribution >= 0.6 is 11.3 Å². The normalized spacial score (nSPS) is 17.7. The molecule has 1 aromatic rings. The zero-order valence-corrected chi connectivity index (χ0v) is 16.5. The summed E-state index contributed by atoms with van der Waals surface area (Å²) in [4.78, 5) is 38.8. The van der Waals surface area contributed by atoms with Crippen LogP contribution in [0.2, 0.25) is 0 Å². The Hall–Kier alpha value is -1.98. The fraction of sp³-hybridized carbons (Fsp3) is 0.562. The molecule has 3 rings (SSSR count). The summed E-state index contributed by atoms with van der Waals surface area (Å²) >= 11 is 0.960. The van der Waals surface area contributed by atoms with E-state index in [1.165, 1.54) is 23.3 Å². The number of carbonyl (C=O) groups is 3. The van der Waals surface area contributed by atoms with Crippen LogP contribution in [0.5, 0.6) is 0 Å². The Kier molecular flexibility index (Phi) is 5.82. The second-order valence-electron chi connectivity index (χ2n) is 6.47. The summed E-state index contributed by atoms with van der Waals surface area (Å²) in [6, 6.07) is 1.28. The highest BCUT2D eigenvalue weighted by Crippen LogP contribution is 2.26. The van der Waals surface area contributed by atoms with Crippen LogP contribution in [0.25, 0.3) is 0 Å². The molecule has 1 saturated heterocycles. The summed E-state index contributed by atoms with van der Waals surface area (Å²) in [5.41, 5.74) is 0. The molecule has 2 aliphatic rings. The predicted molar refractivity (Wildman–Crippen MR) is 96.8 cm³/mol. The molecule has 2 amide bonds. The average molecular weight is 415 g/mol. The lowest BCUT2D eigenvalue weighted by Crippen LogP contribution is -2.51. The van der Waals surface area contributed by atoms with Gasteiger partial charge in [0.1, 0.15) is 9.77 Å². The molecule has 11 heteroatoms. The summed E-state index contributed by atoms with van der Waals surface area (Å²) in [6.07, 6.45) is 1.57. The molecule has 27 heavy (non-hydrogen) atoms. The van der Waals surface area contributed by atoms with E-state index < -0.39 is 22.6 Å². The minimum atomic E-state index is -3.78. The average Bonchev–Trinajstić information content (AvgIpc) is 3.28. The topological polar surface area (TPSA) is 113 Å². The highest BCUT2D eigenvalue weighted by Gasteiger charge is 2.32. The van der Waals surface area contributed by atoms with Gasteiger partial charge in [-0.25, -0.2) is 17.9 Å². The largest absolute Gasteiger partial charge is 0.451 e. The predicted octanol–water partition coefficient (Wildman–Crippen LogP) is 0.0363. The van der Waals surface area contributed by atoms with E-state index in [2.05, 4.69) is 4.72 Å². The highest BCUT2D eigenvalue weighted by atomic mass is 32.2. The van der Waals surface area contributed by atoms with E-state index in [0.717, 1.165) is 24.2 Å². The summed E-state index contributed by atoms with van der Waals surface area (Å²) in [5, 5.41) is 1.50. The Balaban J connectivity index is 1.55. The molecule has 1 N–H and O–H groups in total. The molecular weight excluding hydrogens is 394 g/mol. The molecule has 1 aromatic heterocycles. The molecule has 2 fully saturated rings. The second-order valence-corrected chi connectivity index (χ2v) is 9.07. The van der Waals surface area contributed by atoms with Gasteiger partial charge < -0.3 is 14.5 Å². The van der Waals surface area contributed by atoms with E-state index in [-0.39, 0.29) is 27.6 Å². The monoisotopic (exact) mass is 415 g/mol. The molecule has 2 heterocycles. The van der Waals surface area contributed by atoms with Crippen LogP contribution < -0.4 is 4.72 Å². The highest BCUT2D eigenvalue weighted by molar-refractivity contribution is 7.89. The van der Waals surface area contributed by atoms with Crippen LogP contribution in [-0.2, 0) is 24.3 Å². The van der Waals surface area contributed by atoms with Crippen molar-refractivity contribution in [3.05, 3.63) is 16.3 Å². The number of nitrogens with zero attached hydrogens (tertiary/aromatic N) is 2. The van der Waals surface area contributed by atoms with Crippen LogP contribution in [0.3, 0.4) is 0 Å². The molecule has 0 radical (unpaired) electrons. The number of amides is 2. The molecule has 1 aliphatic carbocycles. The van der Waals surface area contributed by atoms with Crippen molar-refractivity contribution >= 4 is 39.1 Å². The van der Waals surface area contributed by atoms with Gasteiger partial charge in [-0.15, -0.1) is 11.3 Å². The van der Waals surface area contributed by atoms with Crippen molar-refractivity contribution < 1.29 is 27.5 Å². The number of rotatable bonds is 6. The first-order valence-corrected chi connectivity index (χ1v) is 10.9. The first-order chi connectivity index (χ1) is 12.8. The number of sulfonamides is 1. The zero-order chi connectivity index (χ0) is 19.6. The standard InChI is InChI=1S/C16H21N3O6S2/c1-11(20)18-5-7-19(8-6-18)14(21)10-25-16(22)15-13(4-9-26-15)27(23,24)17-12-2-3-12/h4,9,12,17H,2-3,5-8,10H2,1H3. The molecule has 0 unspecified atom stereocenters. The van der Waals surface area contributed by atoms with Gasteiger partial charge in [-0.05, 0) is 24.3 Å². The molecule has 148 valence electrons. The lowest BCUT2D eigenvalue weighted by Gasteiger charge is -2.34. The molecule has 9 nitrogen and oxygen atoms in total. The maximum absolute atomic E-state index is 12.3. The minimum absolute atomic E-state index is 0.0419. The van der Waals surface area contributed by atoms with E-state index >= 15 is 0 Å². The first kappa shape index (κ1) is 19.8. The first-order valence-electron chi connectivity index (χ1n) is 8.58. The lowest BCUT2D eigenvalue weighted by atomic mass is 10.3. The maximum Gasteiger partial charge on any atom is 0.350 e. The molecule has 0 bridgehead atoms. The third-order valence-electron chi connectivity index (χ3n) is 4.41. The van der Waals surface area contributed by atoms with Gasteiger partial charge in [0.05, 0.1) is 0 Å². The fourth-order valence-electron chi connectivity index (χ4n) is 2.70. The minimum Gasteiger partial charge on any atom is -0.451 e. The van der Waals surface area contributed by atoms with Crippen LogP contribution in [0, 0.1) is 0 Å². The van der Waals surface area contributed by atoms with Crippen LogP contribution in [0.1, 0.15) is 29.4 Å². The van der Waals surface area contributed by atoms with Gasteiger partial charge in [-0.3, -0.25) is 9.59 Å². The lowest BCUT2D eigenvalue weighted by molar-refractivity contribution is -0.140. The number of hydrogen-bond acceptors (Lipinski definition) is 7. The van der Waals surface area contributed by atoms with Gasteiger partial charge in [-0.1, -0.05) is 0 Å². The Morgan fingerprint density at radius 3 is 2.41 bits per heavy atom. The smallest absolute Gasteiger partial charge is 0.350 e. The quantitative estimate of drug-likeness (QED) is 0.656. The maximum atomic E-state index is 12.3. The van der Waals surface area contributed by atoms with Gasteiger partial charge in [0.15, 0.2) is 6.61 Å². The number of ether oxygens (including phenoxy) is 1. The van der Waals surface area contributed by atoms with Gasteiger partial charge in [0, 0.05) is 39.1 Å². The summed E-state index contributed by atoms with van der Waals surface area (Å²) in [6.45, 7) is 2.64. The number of esters is 1. The molecule has 1 saturated carbocycles. The van der Waals surface area contributed by atoms with E-state index in [4.69, 9.17) is 4.74 Å². The SMILES string of the molecule is CC(=O)N1CCN(C(=O)COC(=O)c2sccc2S(=O)(=O)NC2CC2)CC1. The summed E-state index contributed by atoms with van der Waals surface area (Å²) < 4.78 is 32.2. The zero-order valence-electron chi connectivity index (χ0n) is 14.8. The van der Waals surface area contributed by atoms with E-state index in [0.29, 0.717) is 26.2 Å². The van der Waals surface area contributed by atoms with Crippen LogP contribution in [-0.4, -0.2) is 74.8 Å². The second kappa shape index (κ2) is 7.95. The van der Waals surface area contributed by atoms with Gasteiger partial charge in [-0.2, -0.15) is 0 Å².